The van der Waals surface area contributed by atoms with E-state index in [-0.39, 0.29) is 12.5 Å². The zero-order valence-corrected chi connectivity index (χ0v) is 13.8. The third kappa shape index (κ3) is 6.91. The van der Waals surface area contributed by atoms with E-state index in [4.69, 9.17) is 14.2 Å². The Hall–Kier alpha value is -1.59. The van der Waals surface area contributed by atoms with Crippen molar-refractivity contribution in [1.82, 2.24) is 4.90 Å². The highest BCUT2D eigenvalue weighted by atomic mass is 16.5. The van der Waals surface area contributed by atoms with Crippen molar-refractivity contribution in [3.8, 4) is 5.75 Å². The van der Waals surface area contributed by atoms with Crippen LogP contribution in [0.3, 0.4) is 0 Å². The molecule has 0 radical (unpaired) electrons. The molecular formula is C17H27NO4. The quantitative estimate of drug-likeness (QED) is 0.628. The summed E-state index contributed by atoms with van der Waals surface area (Å²) in [6, 6.07) is 7.90. The summed E-state index contributed by atoms with van der Waals surface area (Å²) < 4.78 is 15.6. The van der Waals surface area contributed by atoms with Crippen LogP contribution in [-0.2, 0) is 20.7 Å². The lowest BCUT2D eigenvalue weighted by molar-refractivity contribution is -0.134. The monoisotopic (exact) mass is 309 g/mol. The fourth-order valence-corrected chi connectivity index (χ4v) is 2.04. The summed E-state index contributed by atoms with van der Waals surface area (Å²) in [6.45, 7) is 4.26. The van der Waals surface area contributed by atoms with Crippen molar-refractivity contribution >= 4 is 5.91 Å². The Balaban J connectivity index is 2.46. The van der Waals surface area contributed by atoms with Gasteiger partial charge in [-0.1, -0.05) is 25.5 Å². The van der Waals surface area contributed by atoms with E-state index < -0.39 is 0 Å². The van der Waals surface area contributed by atoms with E-state index in [1.165, 1.54) is 5.56 Å². The van der Waals surface area contributed by atoms with Gasteiger partial charge in [0.05, 0.1) is 13.2 Å². The van der Waals surface area contributed by atoms with Crippen LogP contribution in [0.2, 0.25) is 0 Å². The molecule has 1 rings (SSSR count). The summed E-state index contributed by atoms with van der Waals surface area (Å²) in [5.74, 6) is 0.651. The Kier molecular flexibility index (Phi) is 9.26. The highest BCUT2D eigenvalue weighted by Crippen LogP contribution is 2.13. The Bertz CT molecular complexity index is 411. The van der Waals surface area contributed by atoms with Gasteiger partial charge in [-0.3, -0.25) is 4.79 Å². The van der Waals surface area contributed by atoms with Crippen molar-refractivity contribution in [1.29, 1.82) is 0 Å². The number of amides is 1. The van der Waals surface area contributed by atoms with E-state index in [9.17, 15) is 4.79 Å². The highest BCUT2D eigenvalue weighted by molar-refractivity contribution is 5.77. The predicted molar refractivity (Wildman–Crippen MR) is 86.3 cm³/mol. The number of methoxy groups -OCH3 is 2. The molecule has 0 aliphatic carbocycles. The van der Waals surface area contributed by atoms with Crippen LogP contribution >= 0.6 is 0 Å². The zero-order chi connectivity index (χ0) is 16.2. The molecule has 0 saturated heterocycles. The number of carbonyl (C=O) groups excluding carboxylic acids is 1. The topological polar surface area (TPSA) is 48.0 Å². The summed E-state index contributed by atoms with van der Waals surface area (Å²) in [5.41, 5.74) is 1.28. The fourth-order valence-electron chi connectivity index (χ4n) is 2.04. The van der Waals surface area contributed by atoms with Gasteiger partial charge in [0.1, 0.15) is 5.75 Å². The minimum Gasteiger partial charge on any atom is -0.484 e. The van der Waals surface area contributed by atoms with Gasteiger partial charge in [0.2, 0.25) is 0 Å². The second-order valence-corrected chi connectivity index (χ2v) is 5.05. The van der Waals surface area contributed by atoms with Crippen LogP contribution < -0.4 is 4.74 Å². The van der Waals surface area contributed by atoms with Crippen molar-refractivity contribution in [3.63, 3.8) is 0 Å². The van der Waals surface area contributed by atoms with E-state index >= 15 is 0 Å². The van der Waals surface area contributed by atoms with E-state index in [1.807, 2.05) is 24.3 Å². The minimum absolute atomic E-state index is 0.0283. The number of aryl methyl sites for hydroxylation is 1. The van der Waals surface area contributed by atoms with Crippen LogP contribution in [0, 0.1) is 0 Å². The van der Waals surface area contributed by atoms with Gasteiger partial charge in [0.25, 0.3) is 5.91 Å². The molecule has 124 valence electrons. The number of ether oxygens (including phenoxy) is 3. The molecular weight excluding hydrogens is 282 g/mol. The van der Waals surface area contributed by atoms with Gasteiger partial charge in [-0.15, -0.1) is 0 Å². The summed E-state index contributed by atoms with van der Waals surface area (Å²) in [5, 5.41) is 0. The van der Waals surface area contributed by atoms with Gasteiger partial charge in [-0.05, 0) is 24.1 Å². The zero-order valence-electron chi connectivity index (χ0n) is 13.8. The van der Waals surface area contributed by atoms with Crippen LogP contribution in [0.25, 0.3) is 0 Å². The van der Waals surface area contributed by atoms with Gasteiger partial charge >= 0.3 is 0 Å². The molecule has 0 aromatic heterocycles. The Morgan fingerprint density at radius 2 is 1.64 bits per heavy atom. The average molecular weight is 309 g/mol. The van der Waals surface area contributed by atoms with E-state index in [2.05, 4.69) is 6.92 Å². The molecule has 0 saturated carbocycles. The molecule has 1 aromatic carbocycles. The maximum Gasteiger partial charge on any atom is 0.260 e. The lowest BCUT2D eigenvalue weighted by atomic mass is 10.1. The lowest BCUT2D eigenvalue weighted by Gasteiger charge is -2.22. The minimum atomic E-state index is -0.0632. The Morgan fingerprint density at radius 3 is 2.14 bits per heavy atom. The molecule has 0 heterocycles. The summed E-state index contributed by atoms with van der Waals surface area (Å²) >= 11 is 0. The number of rotatable bonds is 11. The van der Waals surface area contributed by atoms with Crippen molar-refractivity contribution < 1.29 is 19.0 Å². The summed E-state index contributed by atoms with van der Waals surface area (Å²) in [7, 11) is 3.24. The molecule has 0 spiro atoms. The third-order valence-corrected chi connectivity index (χ3v) is 3.31. The van der Waals surface area contributed by atoms with Crippen LogP contribution in [0.1, 0.15) is 18.9 Å². The molecule has 0 aliphatic rings. The molecule has 0 atom stereocenters. The van der Waals surface area contributed by atoms with Crippen LogP contribution in [-0.4, -0.2) is 57.9 Å². The van der Waals surface area contributed by atoms with Gasteiger partial charge in [-0.2, -0.15) is 0 Å². The predicted octanol–water partition coefficient (Wildman–Crippen LogP) is 2.14. The Labute approximate surface area is 133 Å². The maximum absolute atomic E-state index is 12.2. The first-order valence-corrected chi connectivity index (χ1v) is 7.68. The molecule has 0 unspecified atom stereocenters. The molecule has 0 fully saturated rings. The molecule has 22 heavy (non-hydrogen) atoms. The van der Waals surface area contributed by atoms with Crippen molar-refractivity contribution in [2.24, 2.45) is 0 Å². The number of carbonyl (C=O) groups is 1. The molecule has 1 aromatic rings. The van der Waals surface area contributed by atoms with Gasteiger partial charge in [-0.25, -0.2) is 0 Å². The number of benzene rings is 1. The van der Waals surface area contributed by atoms with Gasteiger partial charge in [0.15, 0.2) is 6.61 Å². The highest BCUT2D eigenvalue weighted by Gasteiger charge is 2.13. The van der Waals surface area contributed by atoms with Crippen LogP contribution in [0.15, 0.2) is 24.3 Å². The van der Waals surface area contributed by atoms with Gasteiger partial charge < -0.3 is 19.1 Å². The maximum atomic E-state index is 12.2. The number of nitrogens with zero attached hydrogens (tertiary/aromatic N) is 1. The smallest absolute Gasteiger partial charge is 0.260 e. The third-order valence-electron chi connectivity index (χ3n) is 3.31. The van der Waals surface area contributed by atoms with Gasteiger partial charge in [0, 0.05) is 27.3 Å². The van der Waals surface area contributed by atoms with E-state index in [0.29, 0.717) is 32.1 Å². The summed E-state index contributed by atoms with van der Waals surface area (Å²) in [4.78, 5) is 13.9. The Morgan fingerprint density at radius 1 is 1.05 bits per heavy atom. The first-order chi connectivity index (χ1) is 10.7. The molecule has 5 heteroatoms. The van der Waals surface area contributed by atoms with Crippen LogP contribution in [0.4, 0.5) is 0 Å². The first kappa shape index (κ1) is 18.5. The fraction of sp³-hybridized carbons (Fsp3) is 0.588. The summed E-state index contributed by atoms with van der Waals surface area (Å²) in [6.07, 6.45) is 2.17. The second-order valence-electron chi connectivity index (χ2n) is 5.05. The SMILES string of the molecule is CCCc1ccc(OCC(=O)N(CCOC)CCOC)cc1. The average Bonchev–Trinajstić information content (AvgIpc) is 2.54. The van der Waals surface area contributed by atoms with E-state index in [1.54, 1.807) is 19.1 Å². The molecule has 0 bridgehead atoms. The second kappa shape index (κ2) is 11.0. The van der Waals surface area contributed by atoms with E-state index in [0.717, 1.165) is 12.8 Å². The first-order valence-electron chi connectivity index (χ1n) is 7.68. The lowest BCUT2D eigenvalue weighted by Crippen LogP contribution is -2.39. The molecule has 5 nitrogen and oxygen atoms in total. The molecule has 0 aliphatic heterocycles. The molecule has 1 amide bonds. The van der Waals surface area contributed by atoms with Crippen LogP contribution in [0.5, 0.6) is 5.75 Å². The standard InChI is InChI=1S/C17H27NO4/c1-4-5-15-6-8-16(9-7-15)22-14-17(19)18(10-12-20-2)11-13-21-3/h6-9H,4-5,10-14H2,1-3H3. The van der Waals surface area contributed by atoms with Crippen molar-refractivity contribution in [2.75, 3.05) is 47.1 Å². The van der Waals surface area contributed by atoms with Crippen molar-refractivity contribution in [3.05, 3.63) is 29.8 Å². The molecule has 0 N–H and O–H groups in total. The van der Waals surface area contributed by atoms with Crippen molar-refractivity contribution in [2.45, 2.75) is 19.8 Å². The largest absolute Gasteiger partial charge is 0.484 e. The number of hydrogen-bond donors (Lipinski definition) is 0. The number of hydrogen-bond acceptors (Lipinski definition) is 4. The normalized spacial score (nSPS) is 10.5.